The van der Waals surface area contributed by atoms with Crippen molar-refractivity contribution in [2.45, 2.75) is 53.0 Å². The third-order valence-corrected chi connectivity index (χ3v) is 3.76. The maximum Gasteiger partial charge on any atom is 0.253 e. The van der Waals surface area contributed by atoms with Crippen LogP contribution in [0.5, 0.6) is 0 Å². The van der Waals surface area contributed by atoms with Crippen LogP contribution in [0.15, 0.2) is 18.2 Å². The van der Waals surface area contributed by atoms with Crippen LogP contribution in [0.2, 0.25) is 0 Å². The highest BCUT2D eigenvalue weighted by molar-refractivity contribution is 6.00. The summed E-state index contributed by atoms with van der Waals surface area (Å²) < 4.78 is 0. The monoisotopic (exact) mass is 262 g/mol. The van der Waals surface area contributed by atoms with Gasteiger partial charge in [-0.25, -0.2) is 0 Å². The van der Waals surface area contributed by atoms with E-state index >= 15 is 0 Å². The number of amides is 1. The second-order valence-electron chi connectivity index (χ2n) is 5.30. The number of rotatable bonds is 6. The standard InChI is InChI=1S/C16H26N2O/c1-6-16(5,7-2)18-15(19)13-10-9-12(4)11-14(13)17-8-3/h9-11,17H,6-8H2,1-5H3,(H,18,19). The van der Waals surface area contributed by atoms with E-state index in [2.05, 4.69) is 31.4 Å². The minimum absolute atomic E-state index is 0.00199. The molecule has 0 spiro atoms. The molecule has 19 heavy (non-hydrogen) atoms. The van der Waals surface area contributed by atoms with Crippen molar-refractivity contribution in [3.05, 3.63) is 29.3 Å². The lowest BCUT2D eigenvalue weighted by Gasteiger charge is -2.28. The number of hydrogen-bond donors (Lipinski definition) is 2. The average Bonchev–Trinajstić information content (AvgIpc) is 2.39. The van der Waals surface area contributed by atoms with Gasteiger partial charge in [-0.3, -0.25) is 4.79 Å². The highest BCUT2D eigenvalue weighted by Crippen LogP contribution is 2.20. The minimum Gasteiger partial charge on any atom is -0.385 e. The zero-order chi connectivity index (χ0) is 14.5. The van der Waals surface area contributed by atoms with Crippen LogP contribution in [0, 0.1) is 6.92 Å². The Kier molecular flexibility index (Phi) is 5.40. The second kappa shape index (κ2) is 6.60. The number of hydrogen-bond acceptors (Lipinski definition) is 2. The Morgan fingerprint density at radius 3 is 2.37 bits per heavy atom. The van der Waals surface area contributed by atoms with Crippen molar-refractivity contribution < 1.29 is 4.79 Å². The first-order valence-corrected chi connectivity index (χ1v) is 7.12. The third kappa shape index (κ3) is 3.98. The molecule has 0 atom stereocenters. The molecule has 2 N–H and O–H groups in total. The Balaban J connectivity index is 2.99. The fraction of sp³-hybridized carbons (Fsp3) is 0.562. The van der Waals surface area contributed by atoms with Crippen molar-refractivity contribution in [3.8, 4) is 0 Å². The molecular formula is C16H26N2O. The molecule has 1 rings (SSSR count). The number of aryl methyl sites for hydroxylation is 1. The SMILES string of the molecule is CCNc1cc(C)ccc1C(=O)NC(C)(CC)CC. The van der Waals surface area contributed by atoms with Crippen molar-refractivity contribution in [2.24, 2.45) is 0 Å². The summed E-state index contributed by atoms with van der Waals surface area (Å²) in [5.74, 6) is 0.00199. The van der Waals surface area contributed by atoms with Crippen LogP contribution in [0.4, 0.5) is 5.69 Å². The lowest BCUT2D eigenvalue weighted by atomic mass is 9.95. The Labute approximate surface area is 116 Å². The third-order valence-electron chi connectivity index (χ3n) is 3.76. The molecule has 0 unspecified atom stereocenters. The van der Waals surface area contributed by atoms with Gasteiger partial charge in [-0.2, -0.15) is 0 Å². The number of carbonyl (C=O) groups is 1. The summed E-state index contributed by atoms with van der Waals surface area (Å²) in [6, 6.07) is 5.90. The maximum atomic E-state index is 12.4. The van der Waals surface area contributed by atoms with Crippen molar-refractivity contribution >= 4 is 11.6 Å². The molecule has 3 nitrogen and oxygen atoms in total. The van der Waals surface area contributed by atoms with Gasteiger partial charge in [-0.1, -0.05) is 19.9 Å². The van der Waals surface area contributed by atoms with Gasteiger partial charge in [0, 0.05) is 17.8 Å². The van der Waals surface area contributed by atoms with E-state index < -0.39 is 0 Å². The quantitative estimate of drug-likeness (QED) is 0.820. The molecule has 1 aromatic carbocycles. The molecule has 0 fully saturated rings. The summed E-state index contributed by atoms with van der Waals surface area (Å²) in [6.45, 7) is 11.2. The summed E-state index contributed by atoms with van der Waals surface area (Å²) in [5.41, 5.74) is 2.65. The molecular weight excluding hydrogens is 236 g/mol. The number of carbonyl (C=O) groups excluding carboxylic acids is 1. The summed E-state index contributed by atoms with van der Waals surface area (Å²) in [4.78, 5) is 12.4. The van der Waals surface area contributed by atoms with Crippen LogP contribution >= 0.6 is 0 Å². The topological polar surface area (TPSA) is 41.1 Å². The van der Waals surface area contributed by atoms with Crippen LogP contribution in [0.25, 0.3) is 0 Å². The van der Waals surface area contributed by atoms with Gasteiger partial charge < -0.3 is 10.6 Å². The van der Waals surface area contributed by atoms with Crippen LogP contribution in [-0.2, 0) is 0 Å². The number of anilines is 1. The van der Waals surface area contributed by atoms with Gasteiger partial charge in [0.25, 0.3) is 5.91 Å². The molecule has 0 saturated heterocycles. The van der Waals surface area contributed by atoms with E-state index in [1.54, 1.807) is 0 Å². The van der Waals surface area contributed by atoms with E-state index in [1.165, 1.54) is 0 Å². The van der Waals surface area contributed by atoms with Gasteiger partial charge in [-0.05, 0) is 51.3 Å². The average molecular weight is 262 g/mol. The lowest BCUT2D eigenvalue weighted by molar-refractivity contribution is 0.0902. The fourth-order valence-corrected chi connectivity index (χ4v) is 1.96. The molecule has 0 heterocycles. The molecule has 0 aliphatic carbocycles. The predicted molar refractivity (Wildman–Crippen MR) is 81.8 cm³/mol. The van der Waals surface area contributed by atoms with Gasteiger partial charge >= 0.3 is 0 Å². The Bertz CT molecular complexity index is 436. The molecule has 0 aliphatic rings. The molecule has 106 valence electrons. The lowest BCUT2D eigenvalue weighted by Crippen LogP contribution is -2.45. The Morgan fingerprint density at radius 2 is 1.84 bits per heavy atom. The van der Waals surface area contributed by atoms with E-state index in [4.69, 9.17) is 0 Å². The molecule has 0 aliphatic heterocycles. The minimum atomic E-state index is -0.133. The van der Waals surface area contributed by atoms with E-state index in [9.17, 15) is 4.79 Å². The maximum absolute atomic E-state index is 12.4. The molecule has 1 amide bonds. The van der Waals surface area contributed by atoms with Crippen LogP contribution in [0.1, 0.15) is 56.5 Å². The molecule has 0 saturated carbocycles. The second-order valence-corrected chi connectivity index (χ2v) is 5.30. The first-order valence-electron chi connectivity index (χ1n) is 7.12. The number of nitrogens with one attached hydrogen (secondary N) is 2. The smallest absolute Gasteiger partial charge is 0.253 e. The zero-order valence-electron chi connectivity index (χ0n) is 12.8. The number of benzene rings is 1. The van der Waals surface area contributed by atoms with E-state index in [-0.39, 0.29) is 11.4 Å². The van der Waals surface area contributed by atoms with Crippen LogP contribution in [-0.4, -0.2) is 18.0 Å². The molecule has 0 bridgehead atoms. The van der Waals surface area contributed by atoms with Crippen molar-refractivity contribution in [1.82, 2.24) is 5.32 Å². The summed E-state index contributed by atoms with van der Waals surface area (Å²) >= 11 is 0. The fourth-order valence-electron chi connectivity index (χ4n) is 1.96. The highest BCUT2D eigenvalue weighted by Gasteiger charge is 2.23. The molecule has 0 radical (unpaired) electrons. The van der Waals surface area contributed by atoms with Gasteiger partial charge in [-0.15, -0.1) is 0 Å². The summed E-state index contributed by atoms with van der Waals surface area (Å²) in [7, 11) is 0. The van der Waals surface area contributed by atoms with Gasteiger partial charge in [0.15, 0.2) is 0 Å². The summed E-state index contributed by atoms with van der Waals surface area (Å²) in [6.07, 6.45) is 1.86. The van der Waals surface area contributed by atoms with E-state index in [0.717, 1.165) is 36.2 Å². The normalized spacial score (nSPS) is 11.2. The Hall–Kier alpha value is -1.51. The van der Waals surface area contributed by atoms with Crippen molar-refractivity contribution in [1.29, 1.82) is 0 Å². The Morgan fingerprint density at radius 1 is 1.21 bits per heavy atom. The zero-order valence-corrected chi connectivity index (χ0v) is 12.8. The predicted octanol–water partition coefficient (Wildman–Crippen LogP) is 3.74. The van der Waals surface area contributed by atoms with E-state index in [0.29, 0.717) is 0 Å². The largest absolute Gasteiger partial charge is 0.385 e. The van der Waals surface area contributed by atoms with Crippen molar-refractivity contribution in [2.75, 3.05) is 11.9 Å². The van der Waals surface area contributed by atoms with E-state index in [1.807, 2.05) is 32.0 Å². The molecule has 3 heteroatoms. The van der Waals surface area contributed by atoms with Gasteiger partial charge in [0.2, 0.25) is 0 Å². The first kappa shape index (κ1) is 15.5. The highest BCUT2D eigenvalue weighted by atomic mass is 16.1. The van der Waals surface area contributed by atoms with Crippen LogP contribution < -0.4 is 10.6 Å². The van der Waals surface area contributed by atoms with Crippen molar-refractivity contribution in [3.63, 3.8) is 0 Å². The molecule has 0 aromatic heterocycles. The van der Waals surface area contributed by atoms with Gasteiger partial charge in [0.1, 0.15) is 0 Å². The summed E-state index contributed by atoms with van der Waals surface area (Å²) in [5, 5.41) is 6.41. The van der Waals surface area contributed by atoms with Crippen LogP contribution in [0.3, 0.4) is 0 Å². The van der Waals surface area contributed by atoms with Gasteiger partial charge in [0.05, 0.1) is 5.56 Å². The molecule has 1 aromatic rings. The first-order chi connectivity index (χ1) is 8.95.